The van der Waals surface area contributed by atoms with Gasteiger partial charge < -0.3 is 4.74 Å². The fourth-order valence-corrected chi connectivity index (χ4v) is 4.43. The van der Waals surface area contributed by atoms with Gasteiger partial charge in [-0.1, -0.05) is 76.8 Å². The van der Waals surface area contributed by atoms with Crippen molar-refractivity contribution < 1.29 is 14.3 Å². The molecule has 178 valence electrons. The normalized spacial score (nSPS) is 15.5. The van der Waals surface area contributed by atoms with E-state index < -0.39 is 0 Å². The molecule has 1 aliphatic rings. The fraction of sp³-hybridized carbons (Fsp3) is 0.643. The first kappa shape index (κ1) is 26.3. The van der Waals surface area contributed by atoms with Crippen LogP contribution in [0.2, 0.25) is 0 Å². The summed E-state index contributed by atoms with van der Waals surface area (Å²) in [6, 6.07) is 8.62. The summed E-state index contributed by atoms with van der Waals surface area (Å²) in [5.74, 6) is 0.820. The van der Waals surface area contributed by atoms with E-state index in [2.05, 4.69) is 43.0 Å². The van der Waals surface area contributed by atoms with E-state index in [1.54, 1.807) is 0 Å². The molecule has 0 bridgehead atoms. The van der Waals surface area contributed by atoms with Gasteiger partial charge >= 0.3 is 5.97 Å². The lowest BCUT2D eigenvalue weighted by Gasteiger charge is -2.26. The molecule has 1 heterocycles. The van der Waals surface area contributed by atoms with Crippen LogP contribution in [0.1, 0.15) is 89.2 Å². The first-order valence-corrected chi connectivity index (χ1v) is 12.5. The number of ketones is 1. The second-order valence-electron chi connectivity index (χ2n) is 9.68. The minimum absolute atomic E-state index is 0.00317. The molecule has 1 aromatic carbocycles. The first-order valence-electron chi connectivity index (χ1n) is 12.5. The Balaban J connectivity index is 1.54. The zero-order chi connectivity index (χ0) is 23.3. The van der Waals surface area contributed by atoms with Crippen LogP contribution in [0.5, 0.6) is 0 Å². The number of carbonyl (C=O) groups excluding carboxylic acids is 2. The van der Waals surface area contributed by atoms with Crippen LogP contribution in [-0.4, -0.2) is 43.4 Å². The predicted octanol–water partition coefficient (Wildman–Crippen LogP) is 6.09. The third kappa shape index (κ3) is 9.28. The van der Waals surface area contributed by atoms with Crippen LogP contribution in [0.25, 0.3) is 0 Å². The minimum Gasteiger partial charge on any atom is -0.466 e. The molecule has 0 radical (unpaired) electrons. The molecular formula is C28H43NO3. The lowest BCUT2D eigenvalue weighted by Crippen LogP contribution is -2.33. The van der Waals surface area contributed by atoms with Gasteiger partial charge in [0.1, 0.15) is 5.78 Å². The molecule has 0 amide bonds. The molecule has 0 N–H and O–H groups in total. The summed E-state index contributed by atoms with van der Waals surface area (Å²) in [6.45, 7) is 9.29. The zero-order valence-electron chi connectivity index (χ0n) is 20.7. The average Bonchev–Trinajstić information content (AvgIpc) is 2.80. The minimum atomic E-state index is -0.193. The van der Waals surface area contributed by atoms with Gasteiger partial charge in [-0.05, 0) is 49.3 Å². The molecule has 2 rings (SSSR count). The number of hydrogen-bond acceptors (Lipinski definition) is 4. The SMILES string of the molecule is COC(=O)C1=CCCN(CCCCCCCCC(=O)C(C)c2ccc(CC(C)C)cc2)C1. The monoisotopic (exact) mass is 441 g/mol. The molecule has 0 saturated carbocycles. The molecule has 32 heavy (non-hydrogen) atoms. The lowest BCUT2D eigenvalue weighted by atomic mass is 9.91. The number of unbranched alkanes of at least 4 members (excludes halogenated alkanes) is 5. The van der Waals surface area contributed by atoms with Crippen molar-refractivity contribution >= 4 is 11.8 Å². The highest BCUT2D eigenvalue weighted by molar-refractivity contribution is 5.89. The Morgan fingerprint density at radius 2 is 1.62 bits per heavy atom. The van der Waals surface area contributed by atoms with E-state index in [-0.39, 0.29) is 11.9 Å². The van der Waals surface area contributed by atoms with E-state index in [4.69, 9.17) is 4.74 Å². The topological polar surface area (TPSA) is 46.6 Å². The van der Waals surface area contributed by atoms with Crippen molar-refractivity contribution in [2.75, 3.05) is 26.7 Å². The molecular weight excluding hydrogens is 398 g/mol. The zero-order valence-corrected chi connectivity index (χ0v) is 20.7. The molecule has 0 aliphatic carbocycles. The summed E-state index contributed by atoms with van der Waals surface area (Å²) >= 11 is 0. The van der Waals surface area contributed by atoms with Gasteiger partial charge in [0, 0.05) is 31.0 Å². The molecule has 4 heteroatoms. The molecule has 0 spiro atoms. The van der Waals surface area contributed by atoms with Gasteiger partial charge in [-0.15, -0.1) is 0 Å². The number of nitrogens with zero attached hydrogens (tertiary/aromatic N) is 1. The number of Topliss-reactive ketones (excluding diaryl/α,β-unsaturated/α-hetero) is 1. The number of hydrogen-bond donors (Lipinski definition) is 0. The molecule has 1 unspecified atom stereocenters. The summed E-state index contributed by atoms with van der Waals surface area (Å²) in [6.07, 6.45) is 11.6. The van der Waals surface area contributed by atoms with Crippen LogP contribution in [0.15, 0.2) is 35.9 Å². The summed E-state index contributed by atoms with van der Waals surface area (Å²) in [7, 11) is 1.45. The van der Waals surface area contributed by atoms with Crippen molar-refractivity contribution in [2.24, 2.45) is 5.92 Å². The summed E-state index contributed by atoms with van der Waals surface area (Å²) in [4.78, 5) is 26.6. The third-order valence-electron chi connectivity index (χ3n) is 6.43. The van der Waals surface area contributed by atoms with E-state index in [1.807, 2.05) is 13.0 Å². The van der Waals surface area contributed by atoms with Crippen molar-refractivity contribution in [3.63, 3.8) is 0 Å². The number of esters is 1. The number of rotatable bonds is 14. The molecule has 1 aromatic rings. The molecule has 0 saturated heterocycles. The fourth-order valence-electron chi connectivity index (χ4n) is 4.43. The van der Waals surface area contributed by atoms with Crippen molar-refractivity contribution in [3.05, 3.63) is 47.0 Å². The largest absolute Gasteiger partial charge is 0.466 e. The van der Waals surface area contributed by atoms with Crippen LogP contribution in [0, 0.1) is 5.92 Å². The van der Waals surface area contributed by atoms with Gasteiger partial charge in [0.05, 0.1) is 7.11 Å². The van der Waals surface area contributed by atoms with Crippen molar-refractivity contribution in [3.8, 4) is 0 Å². The van der Waals surface area contributed by atoms with Crippen LogP contribution >= 0.6 is 0 Å². The summed E-state index contributed by atoms with van der Waals surface area (Å²) in [5.41, 5.74) is 3.29. The van der Waals surface area contributed by atoms with Crippen LogP contribution in [0.4, 0.5) is 0 Å². The van der Waals surface area contributed by atoms with E-state index in [9.17, 15) is 9.59 Å². The van der Waals surface area contributed by atoms with E-state index in [1.165, 1.54) is 31.9 Å². The molecule has 1 aliphatic heterocycles. The standard InChI is InChI=1S/C28H43NO3/c1-22(2)20-24-14-16-25(17-15-24)23(3)27(30)13-9-7-5-6-8-10-18-29-19-11-12-26(21-29)28(31)32-4/h12,14-17,22-23H,5-11,13,18-21H2,1-4H3. The van der Waals surface area contributed by atoms with Crippen molar-refractivity contribution in [2.45, 2.75) is 84.5 Å². The van der Waals surface area contributed by atoms with Gasteiger partial charge in [-0.25, -0.2) is 4.79 Å². The smallest absolute Gasteiger partial charge is 0.334 e. The lowest BCUT2D eigenvalue weighted by molar-refractivity contribution is -0.136. The maximum atomic E-state index is 12.6. The average molecular weight is 442 g/mol. The number of carbonyl (C=O) groups is 2. The second kappa shape index (κ2) is 14.3. The molecule has 0 aromatic heterocycles. The molecule has 4 nitrogen and oxygen atoms in total. The van der Waals surface area contributed by atoms with Crippen molar-refractivity contribution in [1.29, 1.82) is 0 Å². The van der Waals surface area contributed by atoms with Gasteiger partial charge in [0.25, 0.3) is 0 Å². The Morgan fingerprint density at radius 3 is 2.28 bits per heavy atom. The van der Waals surface area contributed by atoms with Crippen LogP contribution in [-0.2, 0) is 20.7 Å². The summed E-state index contributed by atoms with van der Waals surface area (Å²) in [5, 5.41) is 0. The van der Waals surface area contributed by atoms with Gasteiger partial charge in [-0.2, -0.15) is 0 Å². The third-order valence-corrected chi connectivity index (χ3v) is 6.43. The van der Waals surface area contributed by atoms with Gasteiger partial charge in [0.2, 0.25) is 0 Å². The van der Waals surface area contributed by atoms with E-state index >= 15 is 0 Å². The Kier molecular flexibility index (Phi) is 11.7. The second-order valence-corrected chi connectivity index (χ2v) is 9.68. The Morgan fingerprint density at radius 1 is 0.969 bits per heavy atom. The number of ether oxygens (including phenoxy) is 1. The Bertz CT molecular complexity index is 736. The quantitative estimate of drug-likeness (QED) is 0.259. The van der Waals surface area contributed by atoms with Crippen LogP contribution in [0.3, 0.4) is 0 Å². The van der Waals surface area contributed by atoms with Crippen molar-refractivity contribution in [1.82, 2.24) is 4.90 Å². The maximum Gasteiger partial charge on any atom is 0.334 e. The number of benzene rings is 1. The molecule has 1 atom stereocenters. The van der Waals surface area contributed by atoms with E-state index in [0.717, 1.165) is 56.3 Å². The molecule has 0 fully saturated rings. The number of methoxy groups -OCH3 is 1. The maximum absolute atomic E-state index is 12.6. The van der Waals surface area contributed by atoms with Gasteiger partial charge in [-0.3, -0.25) is 9.69 Å². The predicted molar refractivity (Wildman–Crippen MR) is 132 cm³/mol. The highest BCUT2D eigenvalue weighted by Gasteiger charge is 2.18. The highest BCUT2D eigenvalue weighted by Crippen LogP contribution is 2.21. The Labute approximate surface area is 195 Å². The van der Waals surface area contributed by atoms with Gasteiger partial charge in [0.15, 0.2) is 0 Å². The Hall–Kier alpha value is -1.94. The highest BCUT2D eigenvalue weighted by atomic mass is 16.5. The van der Waals surface area contributed by atoms with E-state index in [0.29, 0.717) is 24.7 Å². The summed E-state index contributed by atoms with van der Waals surface area (Å²) < 4.78 is 4.83. The first-order chi connectivity index (χ1) is 15.4. The van der Waals surface area contributed by atoms with Crippen LogP contribution < -0.4 is 0 Å².